The molecule has 0 aliphatic heterocycles. The molecule has 0 radical (unpaired) electrons. The van der Waals surface area contributed by atoms with Gasteiger partial charge in [-0.05, 0) is 43.2 Å². The average molecular weight is 383 g/mol. The van der Waals surface area contributed by atoms with Crippen LogP contribution >= 0.6 is 11.6 Å². The number of carbonyl (C=O) groups is 1. The number of hydrogen-bond acceptors (Lipinski definition) is 4. The number of para-hydroxylation sites is 1. The molecule has 134 valence electrons. The predicted octanol–water partition coefficient (Wildman–Crippen LogP) is 2.11. The molecule has 3 N–H and O–H groups in total. The van der Waals surface area contributed by atoms with E-state index < -0.39 is 16.1 Å². The third kappa shape index (κ3) is 5.74. The van der Waals surface area contributed by atoms with Gasteiger partial charge in [0.1, 0.15) is 5.75 Å². The number of nitrogens with two attached hydrogens (primary N) is 1. The van der Waals surface area contributed by atoms with Gasteiger partial charge >= 0.3 is 0 Å². The number of nitrogens with one attached hydrogen (secondary N) is 1. The molecule has 1 atom stereocenters. The summed E-state index contributed by atoms with van der Waals surface area (Å²) < 4.78 is 27.9. The number of carbonyl (C=O) groups excluding carboxylic acids is 1. The molecule has 8 heteroatoms. The third-order valence-electron chi connectivity index (χ3n) is 3.47. The van der Waals surface area contributed by atoms with Crippen LogP contribution in [0.4, 0.5) is 0 Å². The van der Waals surface area contributed by atoms with Gasteiger partial charge in [0, 0.05) is 6.54 Å². The van der Waals surface area contributed by atoms with Gasteiger partial charge in [0.15, 0.2) is 6.10 Å². The van der Waals surface area contributed by atoms with Gasteiger partial charge < -0.3 is 10.1 Å². The molecule has 6 nitrogen and oxygen atoms in total. The number of halogens is 1. The zero-order valence-electron chi connectivity index (χ0n) is 13.6. The lowest BCUT2D eigenvalue weighted by Gasteiger charge is -2.15. The van der Waals surface area contributed by atoms with Crippen molar-refractivity contribution in [2.75, 3.05) is 6.54 Å². The van der Waals surface area contributed by atoms with Crippen molar-refractivity contribution in [3.05, 3.63) is 59.1 Å². The Bertz CT molecular complexity index is 838. The highest BCUT2D eigenvalue weighted by molar-refractivity contribution is 7.89. The Morgan fingerprint density at radius 3 is 2.44 bits per heavy atom. The first-order valence-corrected chi connectivity index (χ1v) is 9.50. The number of hydrogen-bond donors (Lipinski definition) is 2. The van der Waals surface area contributed by atoms with Crippen molar-refractivity contribution in [1.29, 1.82) is 0 Å². The van der Waals surface area contributed by atoms with Crippen molar-refractivity contribution in [1.82, 2.24) is 5.32 Å². The quantitative estimate of drug-likeness (QED) is 0.766. The van der Waals surface area contributed by atoms with E-state index in [1.54, 1.807) is 43.3 Å². The minimum atomic E-state index is -3.70. The summed E-state index contributed by atoms with van der Waals surface area (Å²) in [6.07, 6.45) is -0.139. The van der Waals surface area contributed by atoms with Crippen LogP contribution in [0, 0.1) is 0 Å². The van der Waals surface area contributed by atoms with E-state index in [4.69, 9.17) is 21.5 Å². The zero-order chi connectivity index (χ0) is 18.4. The molecule has 1 unspecified atom stereocenters. The van der Waals surface area contributed by atoms with Crippen LogP contribution in [0.3, 0.4) is 0 Å². The second kappa shape index (κ2) is 8.33. The molecular formula is C17H19ClN2O4S. The molecule has 0 fully saturated rings. The molecule has 0 aliphatic rings. The predicted molar refractivity (Wildman–Crippen MR) is 96.1 cm³/mol. The SMILES string of the molecule is CC(Oc1ccccc1Cl)C(=O)NCCc1ccc(S(N)(=O)=O)cc1. The van der Waals surface area contributed by atoms with Crippen LogP contribution in [0.25, 0.3) is 0 Å². The van der Waals surface area contributed by atoms with Crippen LogP contribution in [0.5, 0.6) is 5.75 Å². The Hall–Kier alpha value is -2.09. The van der Waals surface area contributed by atoms with E-state index in [1.165, 1.54) is 12.1 Å². The molecule has 2 aromatic carbocycles. The Morgan fingerprint density at radius 1 is 1.20 bits per heavy atom. The summed E-state index contributed by atoms with van der Waals surface area (Å²) in [6.45, 7) is 2.03. The fourth-order valence-corrected chi connectivity index (χ4v) is 2.80. The monoisotopic (exact) mass is 382 g/mol. The maximum atomic E-state index is 12.1. The van der Waals surface area contributed by atoms with E-state index >= 15 is 0 Å². The molecule has 0 saturated heterocycles. The summed E-state index contributed by atoms with van der Waals surface area (Å²) in [5, 5.41) is 8.25. The average Bonchev–Trinajstić information content (AvgIpc) is 2.56. The molecule has 0 aromatic heterocycles. The van der Waals surface area contributed by atoms with Crippen molar-refractivity contribution < 1.29 is 17.9 Å². The van der Waals surface area contributed by atoms with Crippen LogP contribution in [0.2, 0.25) is 5.02 Å². The smallest absolute Gasteiger partial charge is 0.260 e. The van der Waals surface area contributed by atoms with E-state index in [-0.39, 0.29) is 10.8 Å². The molecule has 1 amide bonds. The van der Waals surface area contributed by atoms with Crippen molar-refractivity contribution in [3.63, 3.8) is 0 Å². The van der Waals surface area contributed by atoms with Crippen LogP contribution in [-0.4, -0.2) is 27.0 Å². The van der Waals surface area contributed by atoms with Gasteiger partial charge in [0.05, 0.1) is 9.92 Å². The van der Waals surface area contributed by atoms with Crippen LogP contribution in [0.15, 0.2) is 53.4 Å². The highest BCUT2D eigenvalue weighted by atomic mass is 35.5. The molecule has 2 rings (SSSR count). The van der Waals surface area contributed by atoms with Crippen molar-refractivity contribution in [2.24, 2.45) is 5.14 Å². The van der Waals surface area contributed by atoms with E-state index in [0.717, 1.165) is 5.56 Å². The van der Waals surface area contributed by atoms with Gasteiger partial charge in [-0.2, -0.15) is 0 Å². The topological polar surface area (TPSA) is 98.5 Å². The Morgan fingerprint density at radius 2 is 1.84 bits per heavy atom. The van der Waals surface area contributed by atoms with Gasteiger partial charge in [-0.25, -0.2) is 13.6 Å². The van der Waals surface area contributed by atoms with E-state index in [1.807, 2.05) is 0 Å². The number of primary sulfonamides is 1. The number of benzene rings is 2. The Balaban J connectivity index is 1.83. The highest BCUT2D eigenvalue weighted by Crippen LogP contribution is 2.24. The minimum Gasteiger partial charge on any atom is -0.479 e. The fraction of sp³-hybridized carbons (Fsp3) is 0.235. The first-order chi connectivity index (χ1) is 11.8. The third-order valence-corrected chi connectivity index (χ3v) is 4.72. The van der Waals surface area contributed by atoms with E-state index in [9.17, 15) is 13.2 Å². The molecule has 0 saturated carbocycles. The van der Waals surface area contributed by atoms with Crippen molar-refractivity contribution in [2.45, 2.75) is 24.3 Å². The molecule has 0 spiro atoms. The number of ether oxygens (including phenoxy) is 1. The van der Waals surface area contributed by atoms with Gasteiger partial charge in [0.25, 0.3) is 5.91 Å². The van der Waals surface area contributed by atoms with Crippen molar-refractivity contribution >= 4 is 27.5 Å². The van der Waals surface area contributed by atoms with Gasteiger partial charge in [0.2, 0.25) is 10.0 Å². The summed E-state index contributed by atoms with van der Waals surface area (Å²) in [6, 6.07) is 13.1. The lowest BCUT2D eigenvalue weighted by atomic mass is 10.1. The van der Waals surface area contributed by atoms with E-state index in [2.05, 4.69) is 5.32 Å². The summed E-state index contributed by atoms with van der Waals surface area (Å²) in [5.74, 6) is 0.187. The standard InChI is InChI=1S/C17H19ClN2O4S/c1-12(24-16-5-3-2-4-15(16)18)17(21)20-11-10-13-6-8-14(9-7-13)25(19,22)23/h2-9,12H,10-11H2,1H3,(H,20,21)(H2,19,22,23). The first-order valence-electron chi connectivity index (χ1n) is 7.58. The summed E-state index contributed by atoms with van der Waals surface area (Å²) >= 11 is 5.99. The van der Waals surface area contributed by atoms with Gasteiger partial charge in [-0.3, -0.25) is 4.79 Å². The van der Waals surface area contributed by atoms with E-state index in [0.29, 0.717) is 23.7 Å². The maximum absolute atomic E-state index is 12.1. The van der Waals surface area contributed by atoms with Crippen LogP contribution in [0.1, 0.15) is 12.5 Å². The molecular weight excluding hydrogens is 364 g/mol. The highest BCUT2D eigenvalue weighted by Gasteiger charge is 2.15. The second-order valence-electron chi connectivity index (χ2n) is 5.42. The van der Waals surface area contributed by atoms with Gasteiger partial charge in [-0.1, -0.05) is 35.9 Å². The summed E-state index contributed by atoms with van der Waals surface area (Å²) in [5.41, 5.74) is 0.882. The number of rotatable bonds is 7. The first kappa shape index (κ1) is 19.2. The largest absolute Gasteiger partial charge is 0.479 e. The normalized spacial score (nSPS) is 12.4. The molecule has 2 aromatic rings. The lowest BCUT2D eigenvalue weighted by Crippen LogP contribution is -2.37. The second-order valence-corrected chi connectivity index (χ2v) is 7.39. The Labute approximate surface area is 152 Å². The summed E-state index contributed by atoms with van der Waals surface area (Å²) in [7, 11) is -3.70. The molecule has 0 bridgehead atoms. The molecule has 25 heavy (non-hydrogen) atoms. The Kier molecular flexibility index (Phi) is 6.41. The zero-order valence-corrected chi connectivity index (χ0v) is 15.2. The molecule has 0 aliphatic carbocycles. The number of amides is 1. The molecule has 0 heterocycles. The summed E-state index contributed by atoms with van der Waals surface area (Å²) in [4.78, 5) is 12.1. The fourth-order valence-electron chi connectivity index (χ4n) is 2.10. The van der Waals surface area contributed by atoms with Crippen LogP contribution < -0.4 is 15.2 Å². The van der Waals surface area contributed by atoms with Gasteiger partial charge in [-0.15, -0.1) is 0 Å². The minimum absolute atomic E-state index is 0.0575. The number of sulfonamides is 1. The lowest BCUT2D eigenvalue weighted by molar-refractivity contribution is -0.127. The van der Waals surface area contributed by atoms with Crippen molar-refractivity contribution in [3.8, 4) is 5.75 Å². The maximum Gasteiger partial charge on any atom is 0.260 e. The van der Waals surface area contributed by atoms with Crippen LogP contribution in [-0.2, 0) is 21.2 Å².